The molecule has 7 nitrogen and oxygen atoms in total. The first kappa shape index (κ1) is 22.3. The van der Waals surface area contributed by atoms with Gasteiger partial charge in [-0.3, -0.25) is 9.59 Å². The van der Waals surface area contributed by atoms with Crippen LogP contribution in [0.3, 0.4) is 0 Å². The number of benzene rings is 2. The van der Waals surface area contributed by atoms with Crippen molar-refractivity contribution in [2.75, 3.05) is 38.2 Å². The van der Waals surface area contributed by atoms with Crippen molar-refractivity contribution in [2.45, 2.75) is 31.4 Å². The van der Waals surface area contributed by atoms with Crippen LogP contribution in [0.2, 0.25) is 0 Å². The maximum Gasteiger partial charge on any atom is 0.286 e. The first-order valence-corrected chi connectivity index (χ1v) is 12.0. The number of piperazine rings is 1. The number of carbonyl (C=O) groups excluding carboxylic acids is 2. The van der Waals surface area contributed by atoms with E-state index in [-0.39, 0.29) is 29.9 Å². The smallest absolute Gasteiger partial charge is 0.286 e. The van der Waals surface area contributed by atoms with Crippen LogP contribution in [-0.2, 0) is 14.3 Å². The highest BCUT2D eigenvalue weighted by molar-refractivity contribution is 5.96. The highest BCUT2D eigenvalue weighted by Crippen LogP contribution is 2.33. The summed E-state index contributed by atoms with van der Waals surface area (Å²) in [5, 5.41) is 3.09. The maximum atomic E-state index is 13.3. The molecule has 1 N–H and O–H groups in total. The molecule has 34 heavy (non-hydrogen) atoms. The average molecular weight is 462 g/mol. The summed E-state index contributed by atoms with van der Waals surface area (Å²) >= 11 is 0. The van der Waals surface area contributed by atoms with Crippen molar-refractivity contribution in [2.24, 2.45) is 5.92 Å². The second-order valence-electron chi connectivity index (χ2n) is 9.18. The van der Waals surface area contributed by atoms with Gasteiger partial charge in [-0.1, -0.05) is 36.4 Å². The monoisotopic (exact) mass is 461 g/mol. The second-order valence-corrected chi connectivity index (χ2v) is 9.18. The van der Waals surface area contributed by atoms with Crippen LogP contribution in [0.15, 0.2) is 60.4 Å². The highest BCUT2D eigenvalue weighted by Gasteiger charge is 2.41. The molecule has 0 bridgehead atoms. The van der Waals surface area contributed by atoms with E-state index in [9.17, 15) is 9.59 Å². The van der Waals surface area contributed by atoms with Crippen LogP contribution >= 0.6 is 0 Å². The van der Waals surface area contributed by atoms with Gasteiger partial charge >= 0.3 is 0 Å². The Bertz CT molecular complexity index is 1060. The van der Waals surface area contributed by atoms with E-state index in [0.29, 0.717) is 25.3 Å². The molecule has 3 aliphatic rings. The van der Waals surface area contributed by atoms with Crippen molar-refractivity contribution in [3.63, 3.8) is 0 Å². The van der Waals surface area contributed by atoms with Crippen LogP contribution in [0, 0.1) is 5.92 Å². The zero-order chi connectivity index (χ0) is 23.5. The van der Waals surface area contributed by atoms with Gasteiger partial charge in [0.15, 0.2) is 5.76 Å². The molecular formula is C27H31N3O4. The van der Waals surface area contributed by atoms with E-state index in [1.807, 2.05) is 53.4 Å². The van der Waals surface area contributed by atoms with Gasteiger partial charge in [0.1, 0.15) is 11.9 Å². The van der Waals surface area contributed by atoms with Crippen LogP contribution in [0.1, 0.15) is 24.8 Å². The van der Waals surface area contributed by atoms with E-state index in [0.717, 1.165) is 42.9 Å². The van der Waals surface area contributed by atoms with Crippen molar-refractivity contribution in [1.82, 2.24) is 10.2 Å². The van der Waals surface area contributed by atoms with E-state index < -0.39 is 0 Å². The zero-order valence-electron chi connectivity index (χ0n) is 19.5. The molecule has 2 aromatic carbocycles. The van der Waals surface area contributed by atoms with E-state index in [2.05, 4.69) is 16.3 Å². The van der Waals surface area contributed by atoms with Gasteiger partial charge in [0, 0.05) is 43.9 Å². The van der Waals surface area contributed by atoms with Crippen LogP contribution in [-0.4, -0.2) is 62.1 Å². The molecule has 2 aliphatic heterocycles. The van der Waals surface area contributed by atoms with Crippen molar-refractivity contribution in [3.05, 3.63) is 65.9 Å². The van der Waals surface area contributed by atoms with E-state index >= 15 is 0 Å². The number of hydrogen-bond donors (Lipinski definition) is 1. The lowest BCUT2D eigenvalue weighted by Crippen LogP contribution is -2.56. The van der Waals surface area contributed by atoms with E-state index in [1.54, 1.807) is 13.2 Å². The van der Waals surface area contributed by atoms with E-state index in [4.69, 9.17) is 9.47 Å². The molecule has 2 heterocycles. The normalized spacial score (nSPS) is 25.9. The van der Waals surface area contributed by atoms with Gasteiger partial charge in [0.05, 0.1) is 13.2 Å². The molecule has 0 aromatic heterocycles. The lowest BCUT2D eigenvalue weighted by molar-refractivity contribution is -0.141. The van der Waals surface area contributed by atoms with Crippen LogP contribution in [0.25, 0.3) is 6.08 Å². The lowest BCUT2D eigenvalue weighted by Gasteiger charge is -2.42. The Morgan fingerprint density at radius 3 is 2.62 bits per heavy atom. The molecule has 7 heteroatoms. The van der Waals surface area contributed by atoms with E-state index in [1.165, 1.54) is 0 Å². The number of nitrogens with one attached hydrogen (secondary N) is 1. The molecule has 2 saturated heterocycles. The van der Waals surface area contributed by atoms with Crippen molar-refractivity contribution in [1.29, 1.82) is 0 Å². The Morgan fingerprint density at radius 1 is 1.06 bits per heavy atom. The number of carbonyl (C=O) groups is 2. The molecule has 1 saturated carbocycles. The molecule has 2 amide bonds. The minimum absolute atomic E-state index is 0.0758. The van der Waals surface area contributed by atoms with Crippen molar-refractivity contribution < 1.29 is 19.1 Å². The summed E-state index contributed by atoms with van der Waals surface area (Å²) in [7, 11) is 1.67. The quantitative estimate of drug-likeness (QED) is 0.709. The number of ether oxygens (including phenoxy) is 2. The molecule has 0 spiro atoms. The van der Waals surface area contributed by atoms with Gasteiger partial charge in [-0.25, -0.2) is 0 Å². The summed E-state index contributed by atoms with van der Waals surface area (Å²) in [5.41, 5.74) is 2.05. The third-order valence-corrected chi connectivity index (χ3v) is 7.06. The Kier molecular flexibility index (Phi) is 6.43. The third-order valence-electron chi connectivity index (χ3n) is 7.06. The predicted molar refractivity (Wildman–Crippen MR) is 130 cm³/mol. The molecule has 178 valence electrons. The number of amides is 2. The predicted octanol–water partition coefficient (Wildman–Crippen LogP) is 3.07. The molecule has 1 aliphatic carbocycles. The number of rotatable bonds is 4. The average Bonchev–Trinajstić information content (AvgIpc) is 2.89. The van der Waals surface area contributed by atoms with Gasteiger partial charge in [0.2, 0.25) is 5.91 Å². The fourth-order valence-electron chi connectivity index (χ4n) is 5.17. The third kappa shape index (κ3) is 4.74. The van der Waals surface area contributed by atoms with Crippen LogP contribution in [0.4, 0.5) is 5.69 Å². The summed E-state index contributed by atoms with van der Waals surface area (Å²) in [6, 6.07) is 17.6. The maximum absolute atomic E-state index is 13.3. The fraction of sp³-hybridized carbons (Fsp3) is 0.407. The number of morpholine rings is 1. The summed E-state index contributed by atoms with van der Waals surface area (Å²) in [5.74, 6) is 1.11. The molecule has 3 atom stereocenters. The SMILES string of the molecule is COc1cccc(N2CCN(C(=O)C3CCC4O/C(=C\c5ccccc5)C(=O)NC4C3)CC2)c1. The second kappa shape index (κ2) is 9.79. The van der Waals surface area contributed by atoms with Gasteiger partial charge in [0.25, 0.3) is 5.91 Å². The highest BCUT2D eigenvalue weighted by atomic mass is 16.5. The zero-order valence-corrected chi connectivity index (χ0v) is 19.5. The molecule has 0 radical (unpaired) electrons. The van der Waals surface area contributed by atoms with Gasteiger partial charge in [-0.15, -0.1) is 0 Å². The van der Waals surface area contributed by atoms with Crippen LogP contribution < -0.4 is 15.0 Å². The summed E-state index contributed by atoms with van der Waals surface area (Å²) in [6.07, 6.45) is 3.87. The first-order valence-electron chi connectivity index (χ1n) is 12.0. The summed E-state index contributed by atoms with van der Waals surface area (Å²) in [6.45, 7) is 3.00. The lowest BCUT2D eigenvalue weighted by atomic mass is 9.82. The Morgan fingerprint density at radius 2 is 1.85 bits per heavy atom. The Labute approximate surface area is 200 Å². The molecular weight excluding hydrogens is 430 g/mol. The number of nitrogens with zero attached hydrogens (tertiary/aromatic N) is 2. The minimum Gasteiger partial charge on any atom is -0.497 e. The number of methoxy groups -OCH3 is 1. The summed E-state index contributed by atoms with van der Waals surface area (Å²) in [4.78, 5) is 30.2. The first-order chi connectivity index (χ1) is 16.6. The number of hydrogen-bond acceptors (Lipinski definition) is 5. The van der Waals surface area contributed by atoms with Crippen LogP contribution in [0.5, 0.6) is 5.75 Å². The van der Waals surface area contributed by atoms with Crippen molar-refractivity contribution >= 4 is 23.6 Å². The topological polar surface area (TPSA) is 71.1 Å². The Balaban J connectivity index is 1.16. The van der Waals surface area contributed by atoms with Gasteiger partial charge < -0.3 is 24.6 Å². The number of fused-ring (bicyclic) bond motifs is 1. The summed E-state index contributed by atoms with van der Waals surface area (Å²) < 4.78 is 11.4. The largest absolute Gasteiger partial charge is 0.497 e. The number of anilines is 1. The molecule has 2 aromatic rings. The van der Waals surface area contributed by atoms with Gasteiger partial charge in [-0.2, -0.15) is 0 Å². The standard InChI is InChI=1S/C27H31N3O4/c1-33-22-9-5-8-21(18-22)29-12-14-30(15-13-29)27(32)20-10-11-24-23(17-20)28-26(31)25(34-24)16-19-6-3-2-4-7-19/h2-9,16,18,20,23-24H,10-15,17H2,1H3,(H,28,31)/b25-16-. The van der Waals surface area contributed by atoms with Crippen molar-refractivity contribution in [3.8, 4) is 5.75 Å². The molecule has 5 rings (SSSR count). The fourth-order valence-corrected chi connectivity index (χ4v) is 5.17. The molecule has 3 fully saturated rings. The minimum atomic E-state index is -0.204. The molecule has 3 unspecified atom stereocenters. The van der Waals surface area contributed by atoms with Gasteiger partial charge in [-0.05, 0) is 43.0 Å². The Hall–Kier alpha value is -3.48.